The zero-order valence-electron chi connectivity index (χ0n) is 22.2. The Morgan fingerprint density at radius 3 is 2.03 bits per heavy atom. The van der Waals surface area contributed by atoms with E-state index in [1.165, 1.54) is 11.1 Å². The molecule has 1 amide bonds. The second kappa shape index (κ2) is 10.5. The number of fused-ring (bicyclic) bond motifs is 3. The molecule has 1 saturated heterocycles. The van der Waals surface area contributed by atoms with Crippen LogP contribution in [0.1, 0.15) is 39.3 Å². The Kier molecular flexibility index (Phi) is 7.26. The molecule has 2 aliphatic rings. The lowest BCUT2D eigenvalue weighted by atomic mass is 9.94. The third kappa shape index (κ3) is 5.06. The number of hydrogen-bond donors (Lipinski definition) is 1. The first-order valence-corrected chi connectivity index (χ1v) is 14.2. The maximum Gasteiger partial charge on any atom is 0.488 e. The summed E-state index contributed by atoms with van der Waals surface area (Å²) < 4.78 is 46.6. The van der Waals surface area contributed by atoms with Crippen LogP contribution >= 0.6 is 0 Å². The Hall–Kier alpha value is -3.63. The minimum atomic E-state index is -5.21. The van der Waals surface area contributed by atoms with Gasteiger partial charge < -0.3 is 24.5 Å². The first-order valence-electron chi connectivity index (χ1n) is 12.9. The number of carbonyl (C=O) groups is 1. The Morgan fingerprint density at radius 1 is 0.923 bits per heavy atom. The first-order chi connectivity index (χ1) is 18.6. The maximum absolute atomic E-state index is 13.5. The van der Waals surface area contributed by atoms with Crippen LogP contribution in [0, 0.1) is 20.8 Å². The fraction of sp³-hybridized carbons (Fsp3) is 0.345. The lowest BCUT2D eigenvalue weighted by molar-refractivity contribution is 0.0976. The summed E-state index contributed by atoms with van der Waals surface area (Å²) in [5.41, 5.74) is 13.9. The van der Waals surface area contributed by atoms with Crippen molar-refractivity contribution in [1.29, 1.82) is 0 Å². The summed E-state index contributed by atoms with van der Waals surface area (Å²) in [6.07, 6.45) is -0.371. The number of nitrogens with two attached hydrogens (primary N) is 1. The summed E-state index contributed by atoms with van der Waals surface area (Å²) in [4.78, 5) is 16.8. The lowest BCUT2D eigenvalue weighted by Gasteiger charge is -2.38. The minimum absolute atomic E-state index is 0.0135. The van der Waals surface area contributed by atoms with Crippen LogP contribution in [-0.2, 0) is 21.8 Å². The van der Waals surface area contributed by atoms with Crippen LogP contribution in [0.15, 0.2) is 48.5 Å². The number of amides is 1. The van der Waals surface area contributed by atoms with Gasteiger partial charge in [-0.05, 0) is 59.7 Å². The van der Waals surface area contributed by atoms with E-state index < -0.39 is 10.5 Å². The summed E-state index contributed by atoms with van der Waals surface area (Å²) >= 11 is 0. The second-order valence-corrected chi connectivity index (χ2v) is 10.9. The second-order valence-electron chi connectivity index (χ2n) is 9.99. The molecule has 0 radical (unpaired) electrons. The summed E-state index contributed by atoms with van der Waals surface area (Å²) in [6, 6.07) is 16.4. The van der Waals surface area contributed by atoms with Gasteiger partial charge in [0.05, 0.1) is 0 Å². The molecule has 0 spiro atoms. The maximum atomic E-state index is 13.5. The average Bonchev–Trinajstić information content (AvgIpc) is 3.23. The van der Waals surface area contributed by atoms with Gasteiger partial charge in [-0.2, -0.15) is 8.42 Å². The van der Waals surface area contributed by atoms with Crippen molar-refractivity contribution in [2.24, 2.45) is 5.73 Å². The zero-order valence-corrected chi connectivity index (χ0v) is 23.1. The van der Waals surface area contributed by atoms with Gasteiger partial charge in [0.1, 0.15) is 6.61 Å². The average molecular weight is 554 g/mol. The highest BCUT2D eigenvalue weighted by Gasteiger charge is 2.31. The van der Waals surface area contributed by atoms with Crippen molar-refractivity contribution in [3.63, 3.8) is 0 Å². The van der Waals surface area contributed by atoms with Crippen LogP contribution in [0.3, 0.4) is 0 Å². The van der Waals surface area contributed by atoms with Crippen LogP contribution in [-0.4, -0.2) is 52.2 Å². The van der Waals surface area contributed by atoms with Gasteiger partial charge >= 0.3 is 16.6 Å². The van der Waals surface area contributed by atoms with Gasteiger partial charge in [-0.25, -0.2) is 4.79 Å². The molecule has 10 heteroatoms. The van der Waals surface area contributed by atoms with E-state index in [1.54, 1.807) is 18.7 Å². The number of anilines is 1. The predicted octanol–water partition coefficient (Wildman–Crippen LogP) is 4.73. The Morgan fingerprint density at radius 2 is 1.49 bits per heavy atom. The van der Waals surface area contributed by atoms with Crippen molar-refractivity contribution >= 4 is 22.3 Å². The number of rotatable bonds is 6. The van der Waals surface area contributed by atoms with Gasteiger partial charge in [0.25, 0.3) is 0 Å². The van der Waals surface area contributed by atoms with E-state index in [2.05, 4.69) is 24.3 Å². The molecule has 0 unspecified atom stereocenters. The summed E-state index contributed by atoms with van der Waals surface area (Å²) in [7, 11) is -5.21. The van der Waals surface area contributed by atoms with E-state index >= 15 is 0 Å². The molecule has 5 rings (SSSR count). The Balaban J connectivity index is 1.29. The fourth-order valence-electron chi connectivity index (χ4n) is 6.03. The molecule has 0 bridgehead atoms. The van der Waals surface area contributed by atoms with Crippen LogP contribution in [0.4, 0.5) is 14.4 Å². The molecule has 0 atom stereocenters. The molecule has 1 fully saturated rings. The molecule has 2 N–H and O–H groups in total. The van der Waals surface area contributed by atoms with E-state index in [0.29, 0.717) is 42.9 Å². The Labute approximate surface area is 228 Å². The predicted molar refractivity (Wildman–Crippen MR) is 148 cm³/mol. The number of ether oxygens (including phenoxy) is 1. The summed E-state index contributed by atoms with van der Waals surface area (Å²) in [5.74, 6) is -0.0575. The zero-order chi connectivity index (χ0) is 27.9. The molecular formula is C29H32FN3O5S. The standard InChI is InChI=1S/C29H32FN3O5S/c1-18-25(16-31)19(2)28(38-39(30,35)36)20(3)27(18)32-12-14-33(15-13-32)29(34)37-17-26-23-10-6-4-8-21(23)22-9-5-7-11-24(22)26/h4-11,26H,12-17,31H2,1-3H3. The molecule has 1 heterocycles. The number of nitrogens with zero attached hydrogens (tertiary/aromatic N) is 2. The van der Waals surface area contributed by atoms with E-state index in [1.807, 2.05) is 36.1 Å². The summed E-state index contributed by atoms with van der Waals surface area (Å²) in [6.45, 7) is 7.48. The molecule has 39 heavy (non-hydrogen) atoms. The van der Waals surface area contributed by atoms with E-state index in [-0.39, 0.29) is 30.9 Å². The molecular weight excluding hydrogens is 521 g/mol. The van der Waals surface area contributed by atoms with Crippen molar-refractivity contribution in [3.05, 3.63) is 81.9 Å². The molecule has 1 aliphatic heterocycles. The normalized spacial score (nSPS) is 15.2. The largest absolute Gasteiger partial charge is 0.488 e. The highest BCUT2D eigenvalue weighted by Crippen LogP contribution is 2.44. The molecule has 0 aromatic heterocycles. The van der Waals surface area contributed by atoms with Gasteiger partial charge in [0.2, 0.25) is 0 Å². The van der Waals surface area contributed by atoms with E-state index in [0.717, 1.165) is 22.4 Å². The van der Waals surface area contributed by atoms with Crippen molar-refractivity contribution in [1.82, 2.24) is 4.90 Å². The quantitative estimate of drug-likeness (QED) is 0.440. The van der Waals surface area contributed by atoms with Gasteiger partial charge in [-0.15, -0.1) is 0 Å². The SMILES string of the molecule is Cc1c(CN)c(C)c(N2CCN(C(=O)OCC3c4ccccc4-c4ccccc43)CC2)c(C)c1OS(=O)(=O)F. The smallest absolute Gasteiger partial charge is 0.448 e. The number of halogens is 1. The van der Waals surface area contributed by atoms with Gasteiger partial charge in [-0.1, -0.05) is 52.4 Å². The number of hydrogen-bond acceptors (Lipinski definition) is 7. The molecule has 1 aliphatic carbocycles. The first kappa shape index (κ1) is 27.0. The van der Waals surface area contributed by atoms with Gasteiger partial charge in [0, 0.05) is 49.9 Å². The third-order valence-electron chi connectivity index (χ3n) is 7.87. The number of piperazine rings is 1. The molecule has 3 aromatic carbocycles. The van der Waals surface area contributed by atoms with Crippen molar-refractivity contribution in [2.75, 3.05) is 37.7 Å². The molecule has 8 nitrogen and oxygen atoms in total. The van der Waals surface area contributed by atoms with Gasteiger partial charge in [0.15, 0.2) is 5.75 Å². The highest BCUT2D eigenvalue weighted by atomic mass is 32.3. The molecule has 206 valence electrons. The van der Waals surface area contributed by atoms with Crippen LogP contribution in [0.2, 0.25) is 0 Å². The molecule has 0 saturated carbocycles. The third-order valence-corrected chi connectivity index (χ3v) is 8.24. The number of benzene rings is 3. The van der Waals surface area contributed by atoms with E-state index in [4.69, 9.17) is 14.7 Å². The summed E-state index contributed by atoms with van der Waals surface area (Å²) in [5, 5.41) is 0. The topological polar surface area (TPSA) is 102 Å². The minimum Gasteiger partial charge on any atom is -0.448 e. The monoisotopic (exact) mass is 553 g/mol. The van der Waals surface area contributed by atoms with Crippen molar-refractivity contribution < 1.29 is 26.0 Å². The van der Waals surface area contributed by atoms with Crippen LogP contribution < -0.4 is 14.8 Å². The van der Waals surface area contributed by atoms with Crippen LogP contribution in [0.25, 0.3) is 11.1 Å². The fourth-order valence-corrected chi connectivity index (χ4v) is 6.48. The lowest BCUT2D eigenvalue weighted by Crippen LogP contribution is -2.49. The molecule has 3 aromatic rings. The van der Waals surface area contributed by atoms with Crippen molar-refractivity contribution in [3.8, 4) is 16.9 Å². The van der Waals surface area contributed by atoms with E-state index in [9.17, 15) is 17.1 Å². The Bertz CT molecular complexity index is 1490. The highest BCUT2D eigenvalue weighted by molar-refractivity contribution is 7.81. The van der Waals surface area contributed by atoms with Crippen LogP contribution in [0.5, 0.6) is 5.75 Å². The van der Waals surface area contributed by atoms with Crippen molar-refractivity contribution in [2.45, 2.75) is 33.2 Å². The van der Waals surface area contributed by atoms with Gasteiger partial charge in [-0.3, -0.25) is 0 Å². The number of carbonyl (C=O) groups excluding carboxylic acids is 1.